The Morgan fingerprint density at radius 2 is 1.00 bits per heavy atom. The van der Waals surface area contributed by atoms with Gasteiger partial charge in [-0.25, -0.2) is 15.0 Å². The average Bonchev–Trinajstić information content (AvgIpc) is 3.57. The number of para-hydroxylation sites is 1. The van der Waals surface area contributed by atoms with Crippen LogP contribution in [-0.4, -0.2) is 15.0 Å². The number of furan rings is 1. The minimum Gasteiger partial charge on any atom is -0.456 e. The molecule has 0 saturated carbocycles. The summed E-state index contributed by atoms with van der Waals surface area (Å²) >= 11 is 0. The molecule has 1 aliphatic rings. The van der Waals surface area contributed by atoms with Crippen molar-refractivity contribution in [3.63, 3.8) is 0 Å². The lowest BCUT2D eigenvalue weighted by Gasteiger charge is -2.14. The van der Waals surface area contributed by atoms with E-state index in [1.165, 1.54) is 11.1 Å². The van der Waals surface area contributed by atoms with E-state index in [0.717, 1.165) is 61.7 Å². The van der Waals surface area contributed by atoms with Crippen molar-refractivity contribution in [2.45, 2.75) is 12.3 Å². The van der Waals surface area contributed by atoms with Crippen LogP contribution >= 0.6 is 0 Å². The fourth-order valence-electron chi connectivity index (χ4n) is 6.66. The van der Waals surface area contributed by atoms with Crippen molar-refractivity contribution in [2.75, 3.05) is 0 Å². The molecule has 0 amide bonds. The first-order valence-electron chi connectivity index (χ1n) is 16.6. The minimum atomic E-state index is 0.424. The Labute approximate surface area is 284 Å². The quantitative estimate of drug-likeness (QED) is 0.184. The lowest BCUT2D eigenvalue weighted by atomic mass is 9.91. The smallest absolute Gasteiger partial charge is 0.164 e. The van der Waals surface area contributed by atoms with Crippen LogP contribution in [0.25, 0.3) is 78.4 Å². The Kier molecular flexibility index (Phi) is 7.25. The van der Waals surface area contributed by atoms with Gasteiger partial charge in [-0.1, -0.05) is 146 Å². The second-order valence-corrected chi connectivity index (χ2v) is 12.4. The zero-order valence-corrected chi connectivity index (χ0v) is 26.7. The highest BCUT2D eigenvalue weighted by Gasteiger charge is 2.16. The molecule has 2 aromatic heterocycles. The third kappa shape index (κ3) is 5.64. The van der Waals surface area contributed by atoms with Gasteiger partial charge in [-0.15, -0.1) is 0 Å². The third-order valence-electron chi connectivity index (χ3n) is 9.30. The summed E-state index contributed by atoms with van der Waals surface area (Å²) in [6.07, 6.45) is 9.78. The minimum absolute atomic E-state index is 0.424. The normalized spacial score (nSPS) is 14.1. The highest BCUT2D eigenvalue weighted by molar-refractivity contribution is 6.05. The van der Waals surface area contributed by atoms with Gasteiger partial charge in [0.15, 0.2) is 17.5 Å². The first kappa shape index (κ1) is 28.8. The zero-order chi connectivity index (χ0) is 32.6. The van der Waals surface area contributed by atoms with Gasteiger partial charge in [0, 0.05) is 33.4 Å². The molecule has 0 bridgehead atoms. The van der Waals surface area contributed by atoms with Crippen molar-refractivity contribution in [1.29, 1.82) is 0 Å². The molecule has 8 aromatic rings. The van der Waals surface area contributed by atoms with Gasteiger partial charge in [-0.05, 0) is 58.5 Å². The molecule has 232 valence electrons. The number of hydrogen-bond acceptors (Lipinski definition) is 4. The van der Waals surface area contributed by atoms with Crippen molar-refractivity contribution in [3.8, 4) is 56.4 Å². The van der Waals surface area contributed by atoms with Crippen LogP contribution in [0.3, 0.4) is 0 Å². The van der Waals surface area contributed by atoms with Crippen LogP contribution in [0.4, 0.5) is 0 Å². The SMILES string of the molecule is C1=CCC(c2ccc(-c3cccc(-c4nc(-c5ccc(-c6ccccc6)cc5)nc(-c5ccc6c(c5)oc5ccccc56)n4)c3)cc2)C=C1. The first-order chi connectivity index (χ1) is 24.2. The second-order valence-electron chi connectivity index (χ2n) is 12.4. The topological polar surface area (TPSA) is 51.8 Å². The summed E-state index contributed by atoms with van der Waals surface area (Å²) in [6.45, 7) is 0. The van der Waals surface area contributed by atoms with E-state index in [1.54, 1.807) is 0 Å². The summed E-state index contributed by atoms with van der Waals surface area (Å²) in [6, 6.07) is 50.5. The molecule has 6 aromatic carbocycles. The molecule has 0 spiro atoms. The fraction of sp³-hybridized carbons (Fsp3) is 0.0444. The van der Waals surface area contributed by atoms with Gasteiger partial charge in [0.25, 0.3) is 0 Å². The van der Waals surface area contributed by atoms with E-state index in [-0.39, 0.29) is 0 Å². The van der Waals surface area contributed by atoms with Gasteiger partial charge in [0.2, 0.25) is 0 Å². The predicted molar refractivity (Wildman–Crippen MR) is 200 cm³/mol. The van der Waals surface area contributed by atoms with Crippen LogP contribution in [0.1, 0.15) is 17.9 Å². The molecule has 2 heterocycles. The highest BCUT2D eigenvalue weighted by Crippen LogP contribution is 2.34. The van der Waals surface area contributed by atoms with Crippen LogP contribution in [0.2, 0.25) is 0 Å². The Bertz CT molecular complexity index is 2510. The Hall–Kier alpha value is -6.39. The van der Waals surface area contributed by atoms with E-state index in [0.29, 0.717) is 23.4 Å². The monoisotopic (exact) mass is 629 g/mol. The van der Waals surface area contributed by atoms with Gasteiger partial charge >= 0.3 is 0 Å². The average molecular weight is 630 g/mol. The van der Waals surface area contributed by atoms with E-state index in [1.807, 2.05) is 30.3 Å². The number of nitrogens with zero attached hydrogens (tertiary/aromatic N) is 3. The lowest BCUT2D eigenvalue weighted by molar-refractivity contribution is 0.669. The predicted octanol–water partition coefficient (Wildman–Crippen LogP) is 11.7. The summed E-state index contributed by atoms with van der Waals surface area (Å²) in [7, 11) is 0. The van der Waals surface area contributed by atoms with E-state index in [4.69, 9.17) is 19.4 Å². The Balaban J connectivity index is 1.13. The molecule has 4 nitrogen and oxygen atoms in total. The van der Waals surface area contributed by atoms with Gasteiger partial charge < -0.3 is 4.42 Å². The van der Waals surface area contributed by atoms with E-state index < -0.39 is 0 Å². The number of fused-ring (bicyclic) bond motifs is 3. The Morgan fingerprint density at radius 3 is 1.78 bits per heavy atom. The number of aromatic nitrogens is 3. The standard InChI is InChI=1S/C45H31N3O/c1-3-10-30(11-4-1)32-18-20-34(21-19-32)36-14-9-15-37(28-36)44-46-43(35-24-22-33(23-25-35)31-12-5-2-6-13-31)47-45(48-44)38-26-27-40-39-16-7-8-17-41(39)49-42(40)29-38/h1-10,12-30H,11H2. The van der Waals surface area contributed by atoms with Crippen molar-refractivity contribution in [1.82, 2.24) is 15.0 Å². The number of allylic oxidation sites excluding steroid dienone is 4. The van der Waals surface area contributed by atoms with Crippen LogP contribution in [-0.2, 0) is 0 Å². The van der Waals surface area contributed by atoms with E-state index >= 15 is 0 Å². The number of hydrogen-bond donors (Lipinski definition) is 0. The first-order valence-corrected chi connectivity index (χ1v) is 16.6. The van der Waals surface area contributed by atoms with Crippen molar-refractivity contribution < 1.29 is 4.42 Å². The van der Waals surface area contributed by atoms with Crippen molar-refractivity contribution >= 4 is 21.9 Å². The van der Waals surface area contributed by atoms with Gasteiger partial charge in [-0.3, -0.25) is 0 Å². The lowest BCUT2D eigenvalue weighted by Crippen LogP contribution is -2.00. The third-order valence-corrected chi connectivity index (χ3v) is 9.30. The van der Waals surface area contributed by atoms with Crippen molar-refractivity contribution in [2.24, 2.45) is 0 Å². The zero-order valence-electron chi connectivity index (χ0n) is 26.7. The van der Waals surface area contributed by atoms with E-state index in [9.17, 15) is 0 Å². The molecule has 0 radical (unpaired) electrons. The maximum absolute atomic E-state index is 6.23. The van der Waals surface area contributed by atoms with Crippen LogP contribution < -0.4 is 0 Å². The molecule has 1 unspecified atom stereocenters. The molecule has 0 saturated heterocycles. The van der Waals surface area contributed by atoms with Crippen LogP contribution in [0, 0.1) is 0 Å². The number of benzene rings is 6. The summed E-state index contributed by atoms with van der Waals surface area (Å²) < 4.78 is 6.23. The van der Waals surface area contributed by atoms with Crippen molar-refractivity contribution in [3.05, 3.63) is 175 Å². The summed E-state index contributed by atoms with van der Waals surface area (Å²) in [5, 5.41) is 2.16. The van der Waals surface area contributed by atoms with Gasteiger partial charge in [0.05, 0.1) is 0 Å². The summed E-state index contributed by atoms with van der Waals surface area (Å²) in [5.41, 5.74) is 10.3. The van der Waals surface area contributed by atoms with E-state index in [2.05, 4.69) is 140 Å². The Morgan fingerprint density at radius 1 is 0.429 bits per heavy atom. The highest BCUT2D eigenvalue weighted by atomic mass is 16.3. The van der Waals surface area contributed by atoms with Gasteiger partial charge in [-0.2, -0.15) is 0 Å². The number of rotatable bonds is 6. The van der Waals surface area contributed by atoms with Gasteiger partial charge in [0.1, 0.15) is 11.2 Å². The summed E-state index contributed by atoms with van der Waals surface area (Å²) in [4.78, 5) is 15.1. The molecule has 0 aliphatic heterocycles. The molecule has 9 rings (SSSR count). The molecule has 4 heteroatoms. The summed E-state index contributed by atoms with van der Waals surface area (Å²) in [5.74, 6) is 2.26. The molecule has 49 heavy (non-hydrogen) atoms. The largest absolute Gasteiger partial charge is 0.456 e. The van der Waals surface area contributed by atoms with Crippen LogP contribution in [0.15, 0.2) is 174 Å². The van der Waals surface area contributed by atoms with Crippen LogP contribution in [0.5, 0.6) is 0 Å². The molecule has 1 atom stereocenters. The second kappa shape index (κ2) is 12.3. The fourth-order valence-corrected chi connectivity index (χ4v) is 6.66. The maximum atomic E-state index is 6.23. The molecule has 1 aliphatic carbocycles. The molecule has 0 fully saturated rings. The molecular weight excluding hydrogens is 599 g/mol. The molecular formula is C45H31N3O. The molecule has 0 N–H and O–H groups in total. The maximum Gasteiger partial charge on any atom is 0.164 e.